The highest BCUT2D eigenvalue weighted by Crippen LogP contribution is 2.36. The minimum Gasteiger partial charge on any atom is -0.396 e. The van der Waals surface area contributed by atoms with Crippen LogP contribution in [0.5, 0.6) is 0 Å². The summed E-state index contributed by atoms with van der Waals surface area (Å²) in [5.74, 6) is 0.761. The molecule has 0 fully saturated rings. The predicted molar refractivity (Wildman–Crippen MR) is 131 cm³/mol. The molecule has 1 N–H and O–H groups in total. The van der Waals surface area contributed by atoms with Crippen LogP contribution in [0.3, 0.4) is 0 Å². The van der Waals surface area contributed by atoms with Crippen LogP contribution in [0.2, 0.25) is 0 Å². The SMILES string of the molecule is CC(C=O)CCC(=O)C1=CCCC(C)(C)C1.CC(CO)CCC(=O)C1=CCCC(C)(C)C1. The fraction of sp³-hybridized carbons (Fsp3) is 0.750. The van der Waals surface area contributed by atoms with Crippen molar-refractivity contribution in [2.45, 2.75) is 106 Å². The Hall–Kier alpha value is -1.55. The topological polar surface area (TPSA) is 71.4 Å². The smallest absolute Gasteiger partial charge is 0.158 e. The quantitative estimate of drug-likeness (QED) is 0.394. The highest BCUT2D eigenvalue weighted by atomic mass is 16.3. The third-order valence-electron chi connectivity index (χ3n) is 6.71. The second kappa shape index (κ2) is 13.2. The van der Waals surface area contributed by atoms with Gasteiger partial charge < -0.3 is 9.90 Å². The van der Waals surface area contributed by atoms with Crippen LogP contribution in [-0.4, -0.2) is 29.6 Å². The molecule has 2 atom stereocenters. The normalized spacial score (nSPS) is 21.2. The summed E-state index contributed by atoms with van der Waals surface area (Å²) in [6.45, 7) is 12.9. The largest absolute Gasteiger partial charge is 0.396 e. The van der Waals surface area contributed by atoms with Crippen LogP contribution in [-0.2, 0) is 14.4 Å². The lowest BCUT2D eigenvalue weighted by Crippen LogP contribution is -2.20. The molecule has 182 valence electrons. The number of aliphatic hydroxyl groups excluding tert-OH is 1. The molecule has 0 radical (unpaired) electrons. The van der Waals surface area contributed by atoms with Gasteiger partial charge in [-0.15, -0.1) is 0 Å². The molecular weight excluding hydrogens is 400 g/mol. The van der Waals surface area contributed by atoms with Crippen molar-refractivity contribution in [1.29, 1.82) is 0 Å². The van der Waals surface area contributed by atoms with E-state index >= 15 is 0 Å². The number of hydrogen-bond donors (Lipinski definition) is 1. The fourth-order valence-corrected chi connectivity index (χ4v) is 4.27. The molecule has 0 aromatic heterocycles. The zero-order valence-corrected chi connectivity index (χ0v) is 21.3. The highest BCUT2D eigenvalue weighted by Gasteiger charge is 2.26. The average molecular weight is 447 g/mol. The Morgan fingerprint density at radius 1 is 0.906 bits per heavy atom. The van der Waals surface area contributed by atoms with Gasteiger partial charge in [0.1, 0.15) is 6.29 Å². The lowest BCUT2D eigenvalue weighted by Gasteiger charge is -2.29. The Morgan fingerprint density at radius 3 is 1.72 bits per heavy atom. The van der Waals surface area contributed by atoms with Crippen LogP contribution >= 0.6 is 0 Å². The average Bonchev–Trinajstić information content (AvgIpc) is 2.74. The number of ketones is 2. The molecule has 2 rings (SSSR count). The molecule has 2 unspecified atom stereocenters. The molecule has 0 aromatic rings. The molecule has 2 aliphatic carbocycles. The first-order valence-electron chi connectivity index (χ1n) is 12.4. The maximum absolute atomic E-state index is 12.0. The van der Waals surface area contributed by atoms with Crippen molar-refractivity contribution in [2.75, 3.05) is 6.61 Å². The van der Waals surface area contributed by atoms with Gasteiger partial charge in [0.2, 0.25) is 0 Å². The van der Waals surface area contributed by atoms with Crippen LogP contribution in [0.15, 0.2) is 23.3 Å². The van der Waals surface area contributed by atoms with Crippen molar-refractivity contribution < 1.29 is 19.5 Å². The second-order valence-electron chi connectivity index (χ2n) is 11.5. The van der Waals surface area contributed by atoms with Crippen LogP contribution in [0, 0.1) is 22.7 Å². The molecule has 0 saturated carbocycles. The van der Waals surface area contributed by atoms with Crippen molar-refractivity contribution in [2.24, 2.45) is 22.7 Å². The maximum Gasteiger partial charge on any atom is 0.158 e. The van der Waals surface area contributed by atoms with Crippen LogP contribution in [0.4, 0.5) is 0 Å². The van der Waals surface area contributed by atoms with Gasteiger partial charge in [-0.05, 0) is 79.3 Å². The summed E-state index contributed by atoms with van der Waals surface area (Å²) in [6, 6.07) is 0. The minimum absolute atomic E-state index is 0.00107. The Morgan fingerprint density at radius 2 is 1.34 bits per heavy atom. The number of carbonyl (C=O) groups excluding carboxylic acids is 3. The molecule has 0 spiro atoms. The minimum atomic E-state index is 0.00107. The molecule has 4 nitrogen and oxygen atoms in total. The van der Waals surface area contributed by atoms with Crippen LogP contribution in [0.1, 0.15) is 106 Å². The molecule has 2 aliphatic rings. The molecular formula is C28H46O4. The van der Waals surface area contributed by atoms with Crippen molar-refractivity contribution in [3.63, 3.8) is 0 Å². The molecule has 4 heteroatoms. The van der Waals surface area contributed by atoms with Crippen molar-refractivity contribution in [3.05, 3.63) is 23.3 Å². The third kappa shape index (κ3) is 10.8. The van der Waals surface area contributed by atoms with Gasteiger partial charge in [0.15, 0.2) is 11.6 Å². The number of aldehydes is 1. The maximum atomic E-state index is 12.0. The van der Waals surface area contributed by atoms with E-state index in [0.717, 1.165) is 56.0 Å². The van der Waals surface area contributed by atoms with E-state index in [1.807, 2.05) is 13.8 Å². The second-order valence-corrected chi connectivity index (χ2v) is 11.5. The van der Waals surface area contributed by atoms with Gasteiger partial charge >= 0.3 is 0 Å². The first-order valence-corrected chi connectivity index (χ1v) is 12.4. The number of carbonyl (C=O) groups is 3. The Bertz CT molecular complexity index is 696. The molecule has 0 aromatic carbocycles. The highest BCUT2D eigenvalue weighted by molar-refractivity contribution is 5.96. The Kier molecular flexibility index (Phi) is 11.8. The van der Waals surface area contributed by atoms with Crippen molar-refractivity contribution in [3.8, 4) is 0 Å². The predicted octanol–water partition coefficient (Wildman–Crippen LogP) is 6.41. The number of aliphatic hydroxyl groups is 1. The van der Waals surface area contributed by atoms with E-state index in [1.165, 1.54) is 6.42 Å². The lowest BCUT2D eigenvalue weighted by atomic mass is 9.76. The van der Waals surface area contributed by atoms with E-state index in [0.29, 0.717) is 19.3 Å². The Balaban J connectivity index is 0.000000320. The van der Waals surface area contributed by atoms with E-state index in [1.54, 1.807) is 0 Å². The van der Waals surface area contributed by atoms with Gasteiger partial charge in [-0.25, -0.2) is 0 Å². The van der Waals surface area contributed by atoms with E-state index in [2.05, 4.69) is 39.8 Å². The van der Waals surface area contributed by atoms with Gasteiger partial charge in [0.05, 0.1) is 0 Å². The first-order chi connectivity index (χ1) is 14.9. The molecule has 0 amide bonds. The van der Waals surface area contributed by atoms with Gasteiger partial charge in [0, 0.05) is 25.4 Å². The lowest BCUT2D eigenvalue weighted by molar-refractivity contribution is -0.117. The van der Waals surface area contributed by atoms with Gasteiger partial charge in [-0.2, -0.15) is 0 Å². The van der Waals surface area contributed by atoms with Crippen LogP contribution < -0.4 is 0 Å². The summed E-state index contributed by atoms with van der Waals surface area (Å²) in [5, 5.41) is 8.92. The van der Waals surface area contributed by atoms with E-state index in [-0.39, 0.29) is 40.8 Å². The summed E-state index contributed by atoms with van der Waals surface area (Å²) in [6.07, 6.45) is 13.9. The number of Topliss-reactive ketones (excluding diaryl/α,β-unsaturated/α-hetero) is 2. The zero-order chi connectivity index (χ0) is 24.4. The number of hydrogen-bond acceptors (Lipinski definition) is 4. The van der Waals surface area contributed by atoms with Crippen LogP contribution in [0.25, 0.3) is 0 Å². The monoisotopic (exact) mass is 446 g/mol. The molecule has 0 heterocycles. The van der Waals surface area contributed by atoms with Gasteiger partial charge in [-0.1, -0.05) is 53.7 Å². The fourth-order valence-electron chi connectivity index (χ4n) is 4.27. The summed E-state index contributed by atoms with van der Waals surface area (Å²) < 4.78 is 0. The van der Waals surface area contributed by atoms with Gasteiger partial charge in [0.25, 0.3) is 0 Å². The summed E-state index contributed by atoms with van der Waals surface area (Å²) >= 11 is 0. The van der Waals surface area contributed by atoms with Gasteiger partial charge in [-0.3, -0.25) is 9.59 Å². The Labute approximate surface area is 195 Å². The van der Waals surface area contributed by atoms with Crippen molar-refractivity contribution in [1.82, 2.24) is 0 Å². The zero-order valence-electron chi connectivity index (χ0n) is 21.3. The van der Waals surface area contributed by atoms with E-state index in [4.69, 9.17) is 5.11 Å². The van der Waals surface area contributed by atoms with E-state index in [9.17, 15) is 14.4 Å². The molecule has 0 aliphatic heterocycles. The standard InChI is InChI=1S/C14H24O2.C14H22O2/c2*1-11(10-15)6-7-13(16)12-5-4-8-14(2,3)9-12/h5,11,15H,4,6-10H2,1-3H3;5,10-11H,4,6-9H2,1-3H3. The summed E-state index contributed by atoms with van der Waals surface area (Å²) in [4.78, 5) is 34.3. The van der Waals surface area contributed by atoms with Crippen molar-refractivity contribution >= 4 is 17.9 Å². The third-order valence-corrected chi connectivity index (χ3v) is 6.71. The summed E-state index contributed by atoms with van der Waals surface area (Å²) in [5.41, 5.74) is 2.54. The number of allylic oxidation sites excluding steroid dienone is 4. The molecule has 0 bridgehead atoms. The molecule has 0 saturated heterocycles. The number of rotatable bonds is 10. The molecule has 32 heavy (non-hydrogen) atoms. The van der Waals surface area contributed by atoms with E-state index < -0.39 is 0 Å². The summed E-state index contributed by atoms with van der Waals surface area (Å²) in [7, 11) is 0. The first kappa shape index (κ1) is 28.5.